The van der Waals surface area contributed by atoms with Crippen LogP contribution in [0.25, 0.3) is 5.69 Å². The van der Waals surface area contributed by atoms with Crippen molar-refractivity contribution in [1.29, 1.82) is 0 Å². The van der Waals surface area contributed by atoms with Gasteiger partial charge in [0.15, 0.2) is 11.0 Å². The summed E-state index contributed by atoms with van der Waals surface area (Å²) in [5.41, 5.74) is 1.72. The van der Waals surface area contributed by atoms with Gasteiger partial charge in [0.2, 0.25) is 5.91 Å². The molecule has 1 aliphatic heterocycles. The van der Waals surface area contributed by atoms with Crippen LogP contribution in [-0.4, -0.2) is 44.4 Å². The second kappa shape index (κ2) is 11.2. The number of nitrogens with zero attached hydrogens (tertiary/aromatic N) is 4. The Morgan fingerprint density at radius 2 is 1.51 bits per heavy atom. The van der Waals surface area contributed by atoms with E-state index < -0.39 is 0 Å². The van der Waals surface area contributed by atoms with E-state index in [0.29, 0.717) is 10.9 Å². The molecule has 0 radical (unpaired) electrons. The summed E-state index contributed by atoms with van der Waals surface area (Å²) in [6.45, 7) is 2.93. The van der Waals surface area contributed by atoms with E-state index in [4.69, 9.17) is 4.74 Å². The van der Waals surface area contributed by atoms with Crippen molar-refractivity contribution in [3.63, 3.8) is 0 Å². The van der Waals surface area contributed by atoms with E-state index in [1.165, 1.54) is 24.6 Å². The van der Waals surface area contributed by atoms with Crippen molar-refractivity contribution in [2.24, 2.45) is 0 Å². The number of benzene rings is 3. The Labute approximate surface area is 209 Å². The van der Waals surface area contributed by atoms with Crippen molar-refractivity contribution in [3.05, 3.63) is 90.8 Å². The van der Waals surface area contributed by atoms with Crippen LogP contribution in [0.15, 0.2) is 90.1 Å². The highest BCUT2D eigenvalue weighted by Crippen LogP contribution is 2.25. The molecule has 0 saturated carbocycles. The summed E-state index contributed by atoms with van der Waals surface area (Å²) in [4.78, 5) is 15.1. The van der Waals surface area contributed by atoms with Gasteiger partial charge in [-0.25, -0.2) is 0 Å². The van der Waals surface area contributed by atoms with Gasteiger partial charge in [-0.3, -0.25) is 14.3 Å². The van der Waals surface area contributed by atoms with Crippen molar-refractivity contribution in [3.8, 4) is 17.2 Å². The highest BCUT2D eigenvalue weighted by molar-refractivity contribution is 7.99. The second-order valence-electron chi connectivity index (χ2n) is 8.33. The van der Waals surface area contributed by atoms with Gasteiger partial charge in [-0.05, 0) is 74.5 Å². The molecule has 0 aliphatic carbocycles. The second-order valence-corrected chi connectivity index (χ2v) is 9.27. The number of para-hydroxylation sites is 2. The van der Waals surface area contributed by atoms with E-state index in [-0.39, 0.29) is 11.7 Å². The van der Waals surface area contributed by atoms with Crippen LogP contribution in [0.1, 0.15) is 18.7 Å². The normalized spacial score (nSPS) is 13.6. The number of nitrogens with one attached hydrogen (secondary N) is 1. The summed E-state index contributed by atoms with van der Waals surface area (Å²) in [6, 6.07) is 27.0. The zero-order chi connectivity index (χ0) is 23.9. The number of carbonyl (C=O) groups excluding carboxylic acids is 1. The summed E-state index contributed by atoms with van der Waals surface area (Å²) < 4.78 is 7.87. The fourth-order valence-electron chi connectivity index (χ4n) is 4.03. The molecule has 5 rings (SSSR count). The van der Waals surface area contributed by atoms with Gasteiger partial charge in [0.25, 0.3) is 0 Å². The van der Waals surface area contributed by atoms with Crippen molar-refractivity contribution < 1.29 is 9.53 Å². The smallest absolute Gasteiger partial charge is 0.234 e. The monoisotopic (exact) mass is 485 g/mol. The first-order chi connectivity index (χ1) is 17.2. The molecular formula is C27H27N5O2S. The van der Waals surface area contributed by atoms with Gasteiger partial charge in [0.05, 0.1) is 12.3 Å². The average molecular weight is 486 g/mol. The molecule has 4 aromatic rings. The molecule has 7 nitrogen and oxygen atoms in total. The number of likely N-dealkylation sites (tertiary alicyclic amines) is 1. The lowest BCUT2D eigenvalue weighted by atomic mass is 10.3. The third-order valence-electron chi connectivity index (χ3n) is 5.73. The molecule has 35 heavy (non-hydrogen) atoms. The number of hydrogen-bond donors (Lipinski definition) is 1. The van der Waals surface area contributed by atoms with Crippen LogP contribution < -0.4 is 10.1 Å². The van der Waals surface area contributed by atoms with Crippen LogP contribution in [0.2, 0.25) is 0 Å². The molecule has 1 N–H and O–H groups in total. The Morgan fingerprint density at radius 1 is 0.857 bits per heavy atom. The third-order valence-corrected chi connectivity index (χ3v) is 6.66. The SMILES string of the molecule is O=C(CSc1nnc(CN2CCCC2)n1-c1ccccc1)Nc1ccc(Oc2ccccc2)cc1. The van der Waals surface area contributed by atoms with Gasteiger partial charge in [0.1, 0.15) is 11.5 Å². The van der Waals surface area contributed by atoms with Crippen molar-refractivity contribution in [1.82, 2.24) is 19.7 Å². The van der Waals surface area contributed by atoms with E-state index in [1.807, 2.05) is 84.9 Å². The van der Waals surface area contributed by atoms with Gasteiger partial charge in [-0.15, -0.1) is 10.2 Å². The Balaban J connectivity index is 1.22. The summed E-state index contributed by atoms with van der Waals surface area (Å²) in [5, 5.41) is 12.5. The van der Waals surface area contributed by atoms with E-state index in [9.17, 15) is 4.79 Å². The third kappa shape index (κ3) is 6.09. The Bertz CT molecular complexity index is 1240. The largest absolute Gasteiger partial charge is 0.457 e. The Kier molecular flexibility index (Phi) is 7.41. The number of hydrogen-bond acceptors (Lipinski definition) is 6. The molecule has 178 valence electrons. The minimum Gasteiger partial charge on any atom is -0.457 e. The summed E-state index contributed by atoms with van der Waals surface area (Å²) in [5.74, 6) is 2.51. The lowest BCUT2D eigenvalue weighted by molar-refractivity contribution is -0.113. The standard InChI is InChI=1S/C27H27N5O2S/c33-26(28-21-13-15-24(16-14-21)34-23-11-5-2-6-12-23)20-35-27-30-29-25(19-31-17-7-8-18-31)32(27)22-9-3-1-4-10-22/h1-6,9-16H,7-8,17-20H2,(H,28,33). The molecule has 1 saturated heterocycles. The van der Waals surface area contributed by atoms with Gasteiger partial charge >= 0.3 is 0 Å². The first-order valence-electron chi connectivity index (χ1n) is 11.7. The molecule has 1 aromatic heterocycles. The van der Waals surface area contributed by atoms with E-state index in [1.54, 1.807) is 0 Å². The molecule has 2 heterocycles. The fraction of sp³-hybridized carbons (Fsp3) is 0.222. The molecule has 0 unspecified atom stereocenters. The van der Waals surface area contributed by atoms with Gasteiger partial charge in [-0.1, -0.05) is 48.2 Å². The molecule has 0 bridgehead atoms. The molecule has 1 fully saturated rings. The zero-order valence-electron chi connectivity index (χ0n) is 19.3. The number of thioether (sulfide) groups is 1. The van der Waals surface area contributed by atoms with Gasteiger partial charge < -0.3 is 10.1 Å². The molecule has 0 spiro atoms. The molecule has 1 aliphatic rings. The van der Waals surface area contributed by atoms with Crippen molar-refractivity contribution in [2.75, 3.05) is 24.2 Å². The van der Waals surface area contributed by atoms with Crippen molar-refractivity contribution in [2.45, 2.75) is 24.5 Å². The number of ether oxygens (including phenoxy) is 1. The van der Waals surface area contributed by atoms with E-state index in [0.717, 1.165) is 42.6 Å². The zero-order valence-corrected chi connectivity index (χ0v) is 20.2. The average Bonchev–Trinajstić information content (AvgIpc) is 3.55. The van der Waals surface area contributed by atoms with Gasteiger partial charge in [0, 0.05) is 11.4 Å². The molecule has 1 amide bonds. The first-order valence-corrected chi connectivity index (χ1v) is 12.7. The minimum absolute atomic E-state index is 0.101. The van der Waals surface area contributed by atoms with Crippen LogP contribution in [0.5, 0.6) is 11.5 Å². The predicted octanol–water partition coefficient (Wildman–Crippen LogP) is 5.39. The van der Waals surface area contributed by atoms with Crippen LogP contribution >= 0.6 is 11.8 Å². The summed E-state index contributed by atoms with van der Waals surface area (Å²) >= 11 is 1.39. The Hall–Kier alpha value is -3.62. The number of rotatable bonds is 9. The van der Waals surface area contributed by atoms with E-state index >= 15 is 0 Å². The Morgan fingerprint density at radius 3 is 2.23 bits per heavy atom. The molecule has 0 atom stereocenters. The number of aromatic nitrogens is 3. The number of amides is 1. The lowest BCUT2D eigenvalue weighted by Crippen LogP contribution is -2.21. The maximum atomic E-state index is 12.7. The van der Waals surface area contributed by atoms with Crippen molar-refractivity contribution >= 4 is 23.4 Å². The maximum absolute atomic E-state index is 12.7. The topological polar surface area (TPSA) is 72.3 Å². The fourth-order valence-corrected chi connectivity index (χ4v) is 4.80. The quantitative estimate of drug-likeness (QED) is 0.321. The summed E-state index contributed by atoms with van der Waals surface area (Å²) in [7, 11) is 0. The minimum atomic E-state index is -0.101. The highest BCUT2D eigenvalue weighted by Gasteiger charge is 2.20. The predicted molar refractivity (Wildman–Crippen MR) is 138 cm³/mol. The van der Waals surface area contributed by atoms with Crippen LogP contribution in [0, 0.1) is 0 Å². The highest BCUT2D eigenvalue weighted by atomic mass is 32.2. The summed E-state index contributed by atoms with van der Waals surface area (Å²) in [6.07, 6.45) is 2.45. The van der Waals surface area contributed by atoms with E-state index in [2.05, 4.69) is 25.0 Å². The lowest BCUT2D eigenvalue weighted by Gasteiger charge is -2.16. The number of anilines is 1. The van der Waals surface area contributed by atoms with Crippen LogP contribution in [0.3, 0.4) is 0 Å². The van der Waals surface area contributed by atoms with Gasteiger partial charge in [-0.2, -0.15) is 0 Å². The molecular weight excluding hydrogens is 458 g/mol. The molecule has 8 heteroatoms. The van der Waals surface area contributed by atoms with Crippen LogP contribution in [-0.2, 0) is 11.3 Å². The maximum Gasteiger partial charge on any atom is 0.234 e. The van der Waals surface area contributed by atoms with Crippen LogP contribution in [0.4, 0.5) is 5.69 Å². The first kappa shape index (κ1) is 23.1. The number of carbonyl (C=O) groups is 1. The molecule has 3 aromatic carbocycles.